The van der Waals surface area contributed by atoms with Gasteiger partial charge in [0.25, 0.3) is 0 Å². The third-order valence-electron chi connectivity index (χ3n) is 3.03. The van der Waals surface area contributed by atoms with Gasteiger partial charge in [-0.25, -0.2) is 4.79 Å². The summed E-state index contributed by atoms with van der Waals surface area (Å²) in [6, 6.07) is 2.45. The number of unbranched alkanes of at least 4 members (excludes halogenated alkanes) is 2. The number of carbonyl (C=O) groups excluding carboxylic acids is 1. The van der Waals surface area contributed by atoms with Crippen LogP contribution in [0.25, 0.3) is 0 Å². The van der Waals surface area contributed by atoms with E-state index in [2.05, 4.69) is 27.0 Å². The molecule has 1 unspecified atom stereocenters. The van der Waals surface area contributed by atoms with Crippen molar-refractivity contribution in [3.05, 3.63) is 12.7 Å². The highest BCUT2D eigenvalue weighted by Gasteiger charge is 2.26. The average Bonchev–Trinajstić information content (AvgIpc) is 2.33. The standard InChI is InChI=1S/C14H28O3Si/c1-5-12-18(4,17-7-3)13-10-8-9-11-16-14(15)6-2/h6H,2,5,7-13H2,1,3-4H3. The van der Waals surface area contributed by atoms with Crippen molar-refractivity contribution >= 4 is 14.3 Å². The Balaban J connectivity index is 3.66. The third kappa shape index (κ3) is 8.47. The Morgan fingerprint density at radius 2 is 1.94 bits per heavy atom. The van der Waals surface area contributed by atoms with E-state index in [1.54, 1.807) is 0 Å². The predicted octanol–water partition coefficient (Wildman–Crippen LogP) is 3.91. The molecule has 106 valence electrons. The van der Waals surface area contributed by atoms with Gasteiger partial charge in [-0.3, -0.25) is 0 Å². The van der Waals surface area contributed by atoms with Gasteiger partial charge in [-0.05, 0) is 32.0 Å². The summed E-state index contributed by atoms with van der Waals surface area (Å²) in [7, 11) is -1.46. The lowest BCUT2D eigenvalue weighted by molar-refractivity contribution is -0.137. The molecule has 18 heavy (non-hydrogen) atoms. The van der Waals surface area contributed by atoms with E-state index in [-0.39, 0.29) is 5.97 Å². The number of carbonyl (C=O) groups is 1. The molecule has 0 aliphatic heterocycles. The smallest absolute Gasteiger partial charge is 0.330 e. The van der Waals surface area contributed by atoms with Crippen molar-refractivity contribution < 1.29 is 14.0 Å². The molecule has 0 spiro atoms. The second kappa shape index (κ2) is 10.3. The fourth-order valence-corrected chi connectivity index (χ4v) is 5.45. The minimum atomic E-state index is -1.46. The van der Waals surface area contributed by atoms with Gasteiger partial charge in [0.2, 0.25) is 0 Å². The molecule has 0 fully saturated rings. The highest BCUT2D eigenvalue weighted by Crippen LogP contribution is 2.22. The van der Waals surface area contributed by atoms with Crippen LogP contribution in [0.2, 0.25) is 18.6 Å². The van der Waals surface area contributed by atoms with Crippen LogP contribution in [-0.4, -0.2) is 27.5 Å². The van der Waals surface area contributed by atoms with Crippen molar-refractivity contribution in [2.75, 3.05) is 13.2 Å². The predicted molar refractivity (Wildman–Crippen MR) is 78.2 cm³/mol. The molecule has 0 rings (SSSR count). The van der Waals surface area contributed by atoms with Crippen molar-refractivity contribution in [1.29, 1.82) is 0 Å². The fraction of sp³-hybridized carbons (Fsp3) is 0.786. The molecule has 0 bridgehead atoms. The summed E-state index contributed by atoms with van der Waals surface area (Å²) in [4.78, 5) is 10.8. The van der Waals surface area contributed by atoms with Crippen LogP contribution in [0.1, 0.15) is 39.5 Å². The van der Waals surface area contributed by atoms with E-state index in [1.807, 2.05) is 0 Å². The summed E-state index contributed by atoms with van der Waals surface area (Å²) in [6.07, 6.45) is 5.63. The Kier molecular flexibility index (Phi) is 9.97. The molecule has 0 aromatic carbocycles. The summed E-state index contributed by atoms with van der Waals surface area (Å²) in [5.41, 5.74) is 0. The lowest BCUT2D eigenvalue weighted by Crippen LogP contribution is -2.34. The second-order valence-electron chi connectivity index (χ2n) is 4.82. The maximum atomic E-state index is 10.8. The molecule has 1 atom stereocenters. The highest BCUT2D eigenvalue weighted by molar-refractivity contribution is 6.72. The SMILES string of the molecule is C=CC(=O)OCCCCC[Si](C)(CCC)OCC. The van der Waals surface area contributed by atoms with Crippen LogP contribution < -0.4 is 0 Å². The topological polar surface area (TPSA) is 35.5 Å². The molecule has 4 heteroatoms. The molecule has 0 heterocycles. The summed E-state index contributed by atoms with van der Waals surface area (Å²) in [5.74, 6) is -0.325. The zero-order chi connectivity index (χ0) is 13.9. The van der Waals surface area contributed by atoms with E-state index in [0.29, 0.717) is 6.61 Å². The summed E-state index contributed by atoms with van der Waals surface area (Å²) in [6.45, 7) is 11.3. The highest BCUT2D eigenvalue weighted by atomic mass is 28.4. The maximum Gasteiger partial charge on any atom is 0.330 e. The summed E-state index contributed by atoms with van der Waals surface area (Å²) < 4.78 is 10.9. The van der Waals surface area contributed by atoms with E-state index >= 15 is 0 Å². The molecule has 0 saturated carbocycles. The first-order valence-corrected chi connectivity index (χ1v) is 9.83. The maximum absolute atomic E-state index is 10.8. The first-order valence-electron chi connectivity index (χ1n) is 7.01. The minimum Gasteiger partial charge on any atom is -0.463 e. The molecule has 3 nitrogen and oxygen atoms in total. The van der Waals surface area contributed by atoms with E-state index in [0.717, 1.165) is 19.4 Å². The van der Waals surface area contributed by atoms with Crippen LogP contribution in [0.3, 0.4) is 0 Å². The molecular weight excluding hydrogens is 244 g/mol. The first kappa shape index (κ1) is 17.4. The van der Waals surface area contributed by atoms with Gasteiger partial charge in [-0.15, -0.1) is 0 Å². The van der Waals surface area contributed by atoms with E-state index in [4.69, 9.17) is 9.16 Å². The van der Waals surface area contributed by atoms with Crippen LogP contribution >= 0.6 is 0 Å². The van der Waals surface area contributed by atoms with E-state index in [1.165, 1.54) is 31.0 Å². The fourth-order valence-electron chi connectivity index (χ4n) is 2.16. The normalized spacial score (nSPS) is 13.9. The number of hydrogen-bond acceptors (Lipinski definition) is 3. The summed E-state index contributed by atoms with van der Waals surface area (Å²) in [5, 5.41) is 0. The van der Waals surface area contributed by atoms with Gasteiger partial charge in [0.05, 0.1) is 6.61 Å². The Bertz CT molecular complexity index is 235. The Morgan fingerprint density at radius 1 is 1.22 bits per heavy atom. The Hall–Kier alpha value is -0.613. The number of hydrogen-bond donors (Lipinski definition) is 0. The molecule has 0 saturated heterocycles. The molecule has 0 N–H and O–H groups in total. The summed E-state index contributed by atoms with van der Waals surface area (Å²) >= 11 is 0. The lowest BCUT2D eigenvalue weighted by atomic mass is 10.3. The monoisotopic (exact) mass is 272 g/mol. The number of rotatable bonds is 11. The van der Waals surface area contributed by atoms with Gasteiger partial charge in [0.1, 0.15) is 0 Å². The van der Waals surface area contributed by atoms with Crippen LogP contribution in [-0.2, 0) is 14.0 Å². The van der Waals surface area contributed by atoms with Gasteiger partial charge in [0.15, 0.2) is 8.32 Å². The van der Waals surface area contributed by atoms with Gasteiger partial charge in [-0.1, -0.05) is 32.8 Å². The van der Waals surface area contributed by atoms with Crippen molar-refractivity contribution in [2.24, 2.45) is 0 Å². The number of esters is 1. The zero-order valence-electron chi connectivity index (χ0n) is 12.2. The molecular formula is C14H28O3Si. The molecule has 0 amide bonds. The molecule has 0 aliphatic rings. The van der Waals surface area contributed by atoms with Crippen LogP contribution in [0.15, 0.2) is 12.7 Å². The largest absolute Gasteiger partial charge is 0.463 e. The lowest BCUT2D eigenvalue weighted by Gasteiger charge is -2.26. The first-order chi connectivity index (χ1) is 8.58. The molecule has 0 aliphatic carbocycles. The second-order valence-corrected chi connectivity index (χ2v) is 9.00. The number of ether oxygens (including phenoxy) is 1. The van der Waals surface area contributed by atoms with Crippen molar-refractivity contribution in [3.8, 4) is 0 Å². The van der Waals surface area contributed by atoms with Crippen LogP contribution in [0, 0.1) is 0 Å². The minimum absolute atomic E-state index is 0.325. The van der Waals surface area contributed by atoms with Gasteiger partial charge < -0.3 is 9.16 Å². The average molecular weight is 272 g/mol. The molecule has 0 aromatic heterocycles. The van der Waals surface area contributed by atoms with Crippen molar-refractivity contribution in [1.82, 2.24) is 0 Å². The van der Waals surface area contributed by atoms with Crippen LogP contribution in [0.5, 0.6) is 0 Å². The van der Waals surface area contributed by atoms with Crippen LogP contribution in [0.4, 0.5) is 0 Å². The molecule has 0 radical (unpaired) electrons. The van der Waals surface area contributed by atoms with Gasteiger partial charge >= 0.3 is 5.97 Å². The quantitative estimate of drug-likeness (QED) is 0.248. The van der Waals surface area contributed by atoms with Gasteiger partial charge in [-0.2, -0.15) is 0 Å². The van der Waals surface area contributed by atoms with Crippen molar-refractivity contribution in [2.45, 2.75) is 58.2 Å². The Morgan fingerprint density at radius 3 is 2.50 bits per heavy atom. The molecule has 0 aromatic rings. The zero-order valence-corrected chi connectivity index (χ0v) is 13.2. The van der Waals surface area contributed by atoms with Crippen molar-refractivity contribution in [3.63, 3.8) is 0 Å². The van der Waals surface area contributed by atoms with E-state index in [9.17, 15) is 4.79 Å². The van der Waals surface area contributed by atoms with Gasteiger partial charge in [0, 0.05) is 12.7 Å². The Labute approximate surface area is 113 Å². The third-order valence-corrected chi connectivity index (χ3v) is 6.99. The van der Waals surface area contributed by atoms with E-state index < -0.39 is 8.32 Å².